The highest BCUT2D eigenvalue weighted by Crippen LogP contribution is 2.33. The Hall–Kier alpha value is -2.08. The fourth-order valence-electron chi connectivity index (χ4n) is 4.40. The second kappa shape index (κ2) is 10.6. The van der Waals surface area contributed by atoms with Gasteiger partial charge >= 0.3 is 0 Å². The summed E-state index contributed by atoms with van der Waals surface area (Å²) in [7, 11) is 0. The van der Waals surface area contributed by atoms with Crippen LogP contribution in [0, 0.1) is 0 Å². The molecule has 1 N–H and O–H groups in total. The first-order valence-electron chi connectivity index (χ1n) is 11.1. The van der Waals surface area contributed by atoms with E-state index in [0.717, 1.165) is 24.4 Å². The van der Waals surface area contributed by atoms with Crippen LogP contribution in [-0.4, -0.2) is 55.0 Å². The molecular formula is C23H35N3O3. The lowest BCUT2D eigenvalue weighted by molar-refractivity contribution is -0.125. The van der Waals surface area contributed by atoms with Crippen molar-refractivity contribution in [2.45, 2.75) is 70.9 Å². The van der Waals surface area contributed by atoms with Crippen LogP contribution in [0.4, 0.5) is 5.69 Å². The van der Waals surface area contributed by atoms with Gasteiger partial charge in [0, 0.05) is 32.0 Å². The SMILES string of the molecule is CCC1CCCCN1CCCNC(=O)CCC(=O)N1CC(C)Oc2ccccc21. The normalized spacial score (nSPS) is 21.9. The van der Waals surface area contributed by atoms with Gasteiger partial charge in [0.05, 0.1) is 12.2 Å². The molecule has 2 heterocycles. The van der Waals surface area contributed by atoms with Crippen molar-refractivity contribution in [2.24, 2.45) is 0 Å². The standard InChI is InChI=1S/C23H35N3O3/c1-3-19-9-6-7-15-25(19)16-8-14-24-22(27)12-13-23(28)26-17-18(2)29-21-11-5-4-10-20(21)26/h4-5,10-11,18-19H,3,6-9,12-17H2,1-2H3,(H,24,27). The molecule has 160 valence electrons. The minimum atomic E-state index is -0.0515. The zero-order valence-corrected chi connectivity index (χ0v) is 17.9. The maximum absolute atomic E-state index is 12.7. The van der Waals surface area contributed by atoms with Crippen LogP contribution < -0.4 is 15.0 Å². The van der Waals surface area contributed by atoms with E-state index in [0.29, 0.717) is 19.1 Å². The van der Waals surface area contributed by atoms with Crippen LogP contribution in [0.2, 0.25) is 0 Å². The lowest BCUT2D eigenvalue weighted by atomic mass is 10.00. The number of nitrogens with one attached hydrogen (secondary N) is 1. The lowest BCUT2D eigenvalue weighted by Gasteiger charge is -2.35. The van der Waals surface area contributed by atoms with E-state index in [1.807, 2.05) is 31.2 Å². The van der Waals surface area contributed by atoms with Gasteiger partial charge in [-0.15, -0.1) is 0 Å². The molecule has 1 aromatic rings. The third-order valence-electron chi connectivity index (χ3n) is 5.96. The van der Waals surface area contributed by atoms with Gasteiger partial charge in [-0.1, -0.05) is 25.5 Å². The average molecular weight is 402 g/mol. The van der Waals surface area contributed by atoms with E-state index in [2.05, 4.69) is 17.1 Å². The van der Waals surface area contributed by atoms with Crippen LogP contribution in [0.3, 0.4) is 0 Å². The second-order valence-electron chi connectivity index (χ2n) is 8.20. The van der Waals surface area contributed by atoms with Gasteiger partial charge in [-0.05, 0) is 51.3 Å². The van der Waals surface area contributed by atoms with Crippen LogP contribution in [0.15, 0.2) is 24.3 Å². The highest BCUT2D eigenvalue weighted by Gasteiger charge is 2.27. The molecule has 6 nitrogen and oxygen atoms in total. The van der Waals surface area contributed by atoms with Crippen molar-refractivity contribution in [2.75, 3.05) is 31.1 Å². The maximum Gasteiger partial charge on any atom is 0.227 e. The van der Waals surface area contributed by atoms with Crippen molar-refractivity contribution >= 4 is 17.5 Å². The topological polar surface area (TPSA) is 61.9 Å². The number of anilines is 1. The molecule has 2 unspecified atom stereocenters. The number of nitrogens with zero attached hydrogens (tertiary/aromatic N) is 2. The van der Waals surface area contributed by atoms with Gasteiger partial charge in [0.25, 0.3) is 0 Å². The molecule has 1 fully saturated rings. The van der Waals surface area contributed by atoms with E-state index in [1.54, 1.807) is 4.90 Å². The van der Waals surface area contributed by atoms with E-state index in [1.165, 1.54) is 32.2 Å². The lowest BCUT2D eigenvalue weighted by Crippen LogP contribution is -2.42. The van der Waals surface area contributed by atoms with Crippen molar-refractivity contribution in [1.29, 1.82) is 0 Å². The molecule has 1 aromatic carbocycles. The number of ether oxygens (including phenoxy) is 1. The van der Waals surface area contributed by atoms with Crippen molar-refractivity contribution in [3.05, 3.63) is 24.3 Å². The van der Waals surface area contributed by atoms with Crippen molar-refractivity contribution in [3.8, 4) is 5.75 Å². The van der Waals surface area contributed by atoms with Crippen LogP contribution in [0.25, 0.3) is 0 Å². The van der Waals surface area contributed by atoms with Gasteiger partial charge in [0.15, 0.2) is 0 Å². The number of carbonyl (C=O) groups is 2. The molecule has 6 heteroatoms. The molecule has 29 heavy (non-hydrogen) atoms. The van der Waals surface area contributed by atoms with Crippen LogP contribution in [0.1, 0.15) is 58.8 Å². The Balaban J connectivity index is 1.38. The van der Waals surface area contributed by atoms with Gasteiger partial charge < -0.3 is 19.9 Å². The molecule has 0 saturated carbocycles. The Kier molecular flexibility index (Phi) is 7.92. The molecule has 0 bridgehead atoms. The first kappa shape index (κ1) is 21.6. The minimum Gasteiger partial charge on any atom is -0.487 e. The number of amides is 2. The molecule has 2 aliphatic heterocycles. The fraction of sp³-hybridized carbons (Fsp3) is 0.652. The van der Waals surface area contributed by atoms with Crippen LogP contribution >= 0.6 is 0 Å². The summed E-state index contributed by atoms with van der Waals surface area (Å²) in [5, 5.41) is 2.98. The van der Waals surface area contributed by atoms with E-state index in [-0.39, 0.29) is 30.8 Å². The zero-order chi connectivity index (χ0) is 20.6. The minimum absolute atomic E-state index is 0.0261. The maximum atomic E-state index is 12.7. The highest BCUT2D eigenvalue weighted by molar-refractivity contribution is 5.97. The van der Waals surface area contributed by atoms with Gasteiger partial charge in [-0.25, -0.2) is 0 Å². The highest BCUT2D eigenvalue weighted by atomic mass is 16.5. The molecule has 0 aliphatic carbocycles. The van der Waals surface area contributed by atoms with Crippen LogP contribution in [0.5, 0.6) is 5.75 Å². The Bertz CT molecular complexity index is 694. The summed E-state index contributed by atoms with van der Waals surface area (Å²) in [5.41, 5.74) is 0.794. The van der Waals surface area contributed by atoms with Gasteiger partial charge in [-0.2, -0.15) is 0 Å². The summed E-state index contributed by atoms with van der Waals surface area (Å²) in [6.07, 6.45) is 6.49. The number of carbonyl (C=O) groups excluding carboxylic acids is 2. The van der Waals surface area contributed by atoms with Gasteiger partial charge in [-0.3, -0.25) is 9.59 Å². The molecule has 0 spiro atoms. The number of likely N-dealkylation sites (tertiary alicyclic amines) is 1. The molecular weight excluding hydrogens is 366 g/mol. The van der Waals surface area contributed by atoms with E-state index in [9.17, 15) is 9.59 Å². The summed E-state index contributed by atoms with van der Waals surface area (Å²) < 4.78 is 5.79. The fourth-order valence-corrected chi connectivity index (χ4v) is 4.40. The van der Waals surface area contributed by atoms with E-state index in [4.69, 9.17) is 4.74 Å². The largest absolute Gasteiger partial charge is 0.487 e. The number of piperidine rings is 1. The number of rotatable bonds is 8. The monoisotopic (exact) mass is 401 g/mol. The Morgan fingerprint density at radius 3 is 2.86 bits per heavy atom. The van der Waals surface area contributed by atoms with Crippen molar-refractivity contribution in [3.63, 3.8) is 0 Å². The zero-order valence-electron chi connectivity index (χ0n) is 17.9. The predicted molar refractivity (Wildman–Crippen MR) is 115 cm³/mol. The summed E-state index contributed by atoms with van der Waals surface area (Å²) in [6, 6.07) is 8.28. The Morgan fingerprint density at radius 1 is 1.21 bits per heavy atom. The Morgan fingerprint density at radius 2 is 2.03 bits per heavy atom. The average Bonchev–Trinajstić information content (AvgIpc) is 2.74. The van der Waals surface area contributed by atoms with Crippen molar-refractivity contribution in [1.82, 2.24) is 10.2 Å². The smallest absolute Gasteiger partial charge is 0.227 e. The van der Waals surface area contributed by atoms with Gasteiger partial charge in [0.2, 0.25) is 11.8 Å². The Labute approximate surface area is 174 Å². The van der Waals surface area contributed by atoms with Gasteiger partial charge in [0.1, 0.15) is 11.9 Å². The van der Waals surface area contributed by atoms with Crippen molar-refractivity contribution < 1.29 is 14.3 Å². The van der Waals surface area contributed by atoms with Crippen LogP contribution in [-0.2, 0) is 9.59 Å². The number of hydrogen-bond donors (Lipinski definition) is 1. The third-order valence-corrected chi connectivity index (χ3v) is 5.96. The number of benzene rings is 1. The number of fused-ring (bicyclic) bond motifs is 1. The third kappa shape index (κ3) is 5.95. The molecule has 2 atom stereocenters. The first-order valence-corrected chi connectivity index (χ1v) is 11.1. The molecule has 2 aliphatic rings. The molecule has 2 amide bonds. The predicted octanol–water partition coefficient (Wildman–Crippen LogP) is 3.35. The summed E-state index contributed by atoms with van der Waals surface area (Å²) in [4.78, 5) is 29.2. The quantitative estimate of drug-likeness (QED) is 0.679. The molecule has 0 radical (unpaired) electrons. The second-order valence-corrected chi connectivity index (χ2v) is 8.20. The van der Waals surface area contributed by atoms with E-state index < -0.39 is 0 Å². The number of para-hydroxylation sites is 2. The summed E-state index contributed by atoms with van der Waals surface area (Å²) in [5.74, 6) is 0.660. The number of hydrogen-bond acceptors (Lipinski definition) is 4. The first-order chi connectivity index (χ1) is 14.1. The molecule has 0 aromatic heterocycles. The molecule has 3 rings (SSSR count). The van der Waals surface area contributed by atoms with E-state index >= 15 is 0 Å². The molecule has 1 saturated heterocycles. The summed E-state index contributed by atoms with van der Waals surface area (Å²) >= 11 is 0. The summed E-state index contributed by atoms with van der Waals surface area (Å²) in [6.45, 7) is 7.63.